The van der Waals surface area contributed by atoms with E-state index in [1.54, 1.807) is 13.3 Å². The van der Waals surface area contributed by atoms with E-state index in [0.29, 0.717) is 0 Å². The van der Waals surface area contributed by atoms with Crippen molar-refractivity contribution in [3.8, 4) is 5.75 Å². The van der Waals surface area contributed by atoms with Crippen LogP contribution >= 0.6 is 17.0 Å². The Morgan fingerprint density at radius 2 is 2.20 bits per heavy atom. The van der Waals surface area contributed by atoms with Gasteiger partial charge in [-0.3, -0.25) is 9.88 Å². The number of benzene rings is 1. The number of fused-ring (bicyclic) bond motifs is 4. The summed E-state index contributed by atoms with van der Waals surface area (Å²) in [5.41, 5.74) is 1.89. The predicted octanol–water partition coefficient (Wildman–Crippen LogP) is 3.98. The Balaban J connectivity index is 0.00000182. The van der Waals surface area contributed by atoms with E-state index < -0.39 is 6.10 Å². The highest BCUT2D eigenvalue weighted by Crippen LogP contribution is 2.42. The highest BCUT2D eigenvalue weighted by molar-refractivity contribution is 8.93. The first-order valence-corrected chi connectivity index (χ1v) is 9.06. The molecule has 0 aliphatic carbocycles. The van der Waals surface area contributed by atoms with Gasteiger partial charge < -0.3 is 9.84 Å². The van der Waals surface area contributed by atoms with Gasteiger partial charge in [-0.15, -0.1) is 17.0 Å². The fourth-order valence-electron chi connectivity index (χ4n) is 4.71. The molecule has 2 bridgehead atoms. The molecular formula is C20H27BrN2O2. The van der Waals surface area contributed by atoms with Crippen molar-refractivity contribution < 1.29 is 9.84 Å². The Morgan fingerprint density at radius 3 is 2.88 bits per heavy atom. The molecule has 1 N–H and O–H groups in total. The number of hydrogen-bond acceptors (Lipinski definition) is 4. The van der Waals surface area contributed by atoms with Crippen molar-refractivity contribution in [1.29, 1.82) is 0 Å². The van der Waals surface area contributed by atoms with E-state index in [4.69, 9.17) is 4.74 Å². The van der Waals surface area contributed by atoms with Crippen LogP contribution in [-0.4, -0.2) is 41.2 Å². The zero-order valence-corrected chi connectivity index (χ0v) is 16.6. The predicted molar refractivity (Wildman–Crippen MR) is 105 cm³/mol. The van der Waals surface area contributed by atoms with Crippen LogP contribution in [0.25, 0.3) is 10.9 Å². The molecule has 1 aromatic carbocycles. The van der Waals surface area contributed by atoms with Crippen LogP contribution in [0.3, 0.4) is 0 Å². The average molecular weight is 407 g/mol. The summed E-state index contributed by atoms with van der Waals surface area (Å²) < 4.78 is 5.36. The number of aliphatic hydroxyl groups is 1. The molecule has 2 unspecified atom stereocenters. The molecule has 3 aliphatic heterocycles. The number of nitrogens with zero attached hydrogens (tertiary/aromatic N) is 2. The molecule has 0 amide bonds. The number of pyridine rings is 1. The fourth-order valence-corrected chi connectivity index (χ4v) is 4.71. The standard InChI is InChI=1S/C20H26N2O2.BrH/c1-3-13-12-22-9-7-14(13)10-19(22)20(23)16-6-8-21-18-5-4-15(24-2)11-17(16)18;/h4-6,8,11,13-14,19-20,23H,3,7,9-10,12H2,1-2H3;1H/t13-,14-,19+,20?;/m0./s1. The Labute approximate surface area is 160 Å². The molecule has 5 atom stereocenters. The van der Waals surface area contributed by atoms with Gasteiger partial charge >= 0.3 is 0 Å². The summed E-state index contributed by atoms with van der Waals surface area (Å²) >= 11 is 0. The van der Waals surface area contributed by atoms with Crippen molar-refractivity contribution in [3.63, 3.8) is 0 Å². The van der Waals surface area contributed by atoms with Gasteiger partial charge in [-0.2, -0.15) is 0 Å². The van der Waals surface area contributed by atoms with Gasteiger partial charge in [0.15, 0.2) is 0 Å². The van der Waals surface area contributed by atoms with Crippen molar-refractivity contribution in [2.75, 3.05) is 20.2 Å². The molecular weight excluding hydrogens is 380 g/mol. The summed E-state index contributed by atoms with van der Waals surface area (Å²) in [6.45, 7) is 4.55. The Bertz CT molecular complexity index is 739. The topological polar surface area (TPSA) is 45.6 Å². The maximum Gasteiger partial charge on any atom is 0.119 e. The number of halogens is 1. The number of aromatic nitrogens is 1. The number of piperidine rings is 3. The lowest BCUT2D eigenvalue weighted by Gasteiger charge is -2.51. The summed E-state index contributed by atoms with van der Waals surface area (Å²) in [5, 5.41) is 12.2. The van der Waals surface area contributed by atoms with Crippen molar-refractivity contribution in [2.24, 2.45) is 11.8 Å². The molecule has 0 saturated carbocycles. The largest absolute Gasteiger partial charge is 0.497 e. The molecule has 0 spiro atoms. The second-order valence-corrected chi connectivity index (χ2v) is 7.24. The Morgan fingerprint density at radius 1 is 1.36 bits per heavy atom. The third kappa shape index (κ3) is 3.29. The minimum atomic E-state index is -0.469. The quantitative estimate of drug-likeness (QED) is 0.833. The monoisotopic (exact) mass is 406 g/mol. The highest BCUT2D eigenvalue weighted by atomic mass is 79.9. The number of aliphatic hydroxyl groups excluding tert-OH is 1. The third-order valence-electron chi connectivity index (χ3n) is 6.13. The number of ether oxygens (including phenoxy) is 1. The molecule has 3 fully saturated rings. The molecule has 0 radical (unpaired) electrons. The lowest BCUT2D eigenvalue weighted by atomic mass is 9.72. The Kier molecular flexibility index (Phi) is 5.66. The molecule has 2 aromatic rings. The van der Waals surface area contributed by atoms with Crippen LogP contribution in [0.2, 0.25) is 0 Å². The van der Waals surface area contributed by atoms with Gasteiger partial charge in [0.1, 0.15) is 5.75 Å². The summed E-state index contributed by atoms with van der Waals surface area (Å²) in [5.74, 6) is 2.37. The fraction of sp³-hybridized carbons (Fsp3) is 0.550. The molecule has 4 nitrogen and oxygen atoms in total. The molecule has 1 aromatic heterocycles. The maximum absolute atomic E-state index is 11.2. The smallest absolute Gasteiger partial charge is 0.119 e. The summed E-state index contributed by atoms with van der Waals surface area (Å²) in [6.07, 6.45) is 4.97. The number of hydrogen-bond donors (Lipinski definition) is 1. The van der Waals surface area contributed by atoms with Gasteiger partial charge in [0.25, 0.3) is 0 Å². The number of rotatable bonds is 4. The maximum atomic E-state index is 11.2. The van der Waals surface area contributed by atoms with E-state index in [2.05, 4.69) is 16.8 Å². The summed E-state index contributed by atoms with van der Waals surface area (Å²) in [4.78, 5) is 6.94. The van der Waals surface area contributed by atoms with E-state index >= 15 is 0 Å². The van der Waals surface area contributed by atoms with Gasteiger partial charge in [-0.25, -0.2) is 0 Å². The SMILES string of the molecule is Br.CC[C@H]1CN2CC[C@H]1C[C@@H]2C(O)c1ccnc2ccc(OC)cc12. The lowest BCUT2D eigenvalue weighted by Crippen LogP contribution is -2.55. The second-order valence-electron chi connectivity index (χ2n) is 7.24. The van der Waals surface area contributed by atoms with Crippen molar-refractivity contribution >= 4 is 27.9 Å². The summed E-state index contributed by atoms with van der Waals surface area (Å²) in [7, 11) is 1.67. The van der Waals surface area contributed by atoms with Crippen LogP contribution in [0.15, 0.2) is 30.5 Å². The first kappa shape index (κ1) is 18.6. The van der Waals surface area contributed by atoms with Crippen LogP contribution in [0.1, 0.15) is 37.9 Å². The van der Waals surface area contributed by atoms with Crippen molar-refractivity contribution in [1.82, 2.24) is 9.88 Å². The molecule has 4 heterocycles. The zero-order valence-electron chi connectivity index (χ0n) is 14.9. The molecule has 3 saturated heterocycles. The zero-order chi connectivity index (χ0) is 16.7. The van der Waals surface area contributed by atoms with E-state index in [9.17, 15) is 5.11 Å². The normalized spacial score (nSPS) is 29.2. The van der Waals surface area contributed by atoms with Gasteiger partial charge in [-0.1, -0.05) is 13.3 Å². The lowest BCUT2D eigenvalue weighted by molar-refractivity contribution is -0.0562. The second kappa shape index (κ2) is 7.60. The van der Waals surface area contributed by atoms with Crippen LogP contribution in [0.4, 0.5) is 0 Å². The molecule has 3 aliphatic rings. The van der Waals surface area contributed by atoms with Crippen LogP contribution < -0.4 is 4.74 Å². The first-order valence-electron chi connectivity index (χ1n) is 9.06. The van der Waals surface area contributed by atoms with Gasteiger partial charge in [0.05, 0.1) is 18.7 Å². The molecule has 136 valence electrons. The molecule has 5 heteroatoms. The van der Waals surface area contributed by atoms with Crippen LogP contribution in [0, 0.1) is 11.8 Å². The van der Waals surface area contributed by atoms with E-state index in [1.807, 2.05) is 24.3 Å². The average Bonchev–Trinajstić information content (AvgIpc) is 2.66. The third-order valence-corrected chi connectivity index (χ3v) is 6.13. The summed E-state index contributed by atoms with van der Waals surface area (Å²) in [6, 6.07) is 8.07. The van der Waals surface area contributed by atoms with Crippen molar-refractivity contribution in [2.45, 2.75) is 38.3 Å². The minimum Gasteiger partial charge on any atom is -0.497 e. The van der Waals surface area contributed by atoms with E-state index in [0.717, 1.165) is 53.6 Å². The van der Waals surface area contributed by atoms with E-state index in [-0.39, 0.29) is 23.0 Å². The first-order chi connectivity index (χ1) is 11.7. The van der Waals surface area contributed by atoms with Gasteiger partial charge in [-0.05, 0) is 61.1 Å². The van der Waals surface area contributed by atoms with Gasteiger partial charge in [0.2, 0.25) is 0 Å². The van der Waals surface area contributed by atoms with Crippen LogP contribution in [-0.2, 0) is 0 Å². The van der Waals surface area contributed by atoms with Crippen LogP contribution in [0.5, 0.6) is 5.75 Å². The molecule has 25 heavy (non-hydrogen) atoms. The Hall–Kier alpha value is -1.17. The van der Waals surface area contributed by atoms with E-state index in [1.165, 1.54) is 12.8 Å². The minimum absolute atomic E-state index is 0. The van der Waals surface area contributed by atoms with Crippen molar-refractivity contribution in [3.05, 3.63) is 36.0 Å². The molecule has 5 rings (SSSR count). The van der Waals surface area contributed by atoms with Gasteiger partial charge in [0, 0.05) is 24.2 Å². The highest BCUT2D eigenvalue weighted by Gasteiger charge is 2.42. The number of methoxy groups -OCH3 is 1.